The Bertz CT molecular complexity index is 770. The van der Waals surface area contributed by atoms with Crippen molar-refractivity contribution in [2.24, 2.45) is 0 Å². The maximum Gasteiger partial charge on any atom is 0.115 e. The maximum absolute atomic E-state index is 9.35. The smallest absolute Gasteiger partial charge is 0.115 e. The molecule has 0 aliphatic rings. The quantitative estimate of drug-likeness (QED) is 0.688. The van der Waals surface area contributed by atoms with Crippen LogP contribution in [0.4, 0.5) is 5.69 Å². The molecule has 0 heterocycles. The van der Waals surface area contributed by atoms with Gasteiger partial charge in [-0.2, -0.15) is 0 Å². The van der Waals surface area contributed by atoms with Crippen molar-refractivity contribution in [1.82, 2.24) is 0 Å². The Hall–Kier alpha value is -2.19. The van der Waals surface area contributed by atoms with Crippen molar-refractivity contribution in [3.05, 3.63) is 72.3 Å². The molecule has 0 radical (unpaired) electrons. The fourth-order valence-corrected chi connectivity index (χ4v) is 2.90. The van der Waals surface area contributed by atoms with E-state index in [9.17, 15) is 5.11 Å². The number of hydrogen-bond acceptors (Lipinski definition) is 2. The molecule has 0 fully saturated rings. The van der Waals surface area contributed by atoms with Crippen molar-refractivity contribution >= 4 is 28.1 Å². The SMILES string of the molecule is CN(CC(Cl)c1ccc2ccccc2c1)c1ccc(O)cc1. The van der Waals surface area contributed by atoms with Gasteiger partial charge in [0.05, 0.1) is 5.38 Å². The third kappa shape index (κ3) is 3.18. The first-order valence-electron chi connectivity index (χ1n) is 7.26. The van der Waals surface area contributed by atoms with E-state index in [-0.39, 0.29) is 11.1 Å². The van der Waals surface area contributed by atoms with Crippen LogP contribution < -0.4 is 4.90 Å². The minimum atomic E-state index is -0.0941. The molecule has 3 aromatic carbocycles. The molecule has 3 aromatic rings. The van der Waals surface area contributed by atoms with Crippen molar-refractivity contribution in [2.75, 3.05) is 18.5 Å². The zero-order chi connectivity index (χ0) is 15.5. The van der Waals surface area contributed by atoms with Gasteiger partial charge in [0.2, 0.25) is 0 Å². The fraction of sp³-hybridized carbons (Fsp3) is 0.158. The molecule has 0 aromatic heterocycles. The lowest BCUT2D eigenvalue weighted by molar-refractivity contribution is 0.475. The van der Waals surface area contributed by atoms with Crippen molar-refractivity contribution in [1.29, 1.82) is 0 Å². The largest absolute Gasteiger partial charge is 0.508 e. The molecular weight excluding hydrogens is 294 g/mol. The first kappa shape index (κ1) is 14.7. The minimum absolute atomic E-state index is 0.0941. The van der Waals surface area contributed by atoms with Gasteiger partial charge in [-0.05, 0) is 46.7 Å². The summed E-state index contributed by atoms with van der Waals surface area (Å²) in [5.41, 5.74) is 2.15. The number of benzene rings is 3. The van der Waals surface area contributed by atoms with E-state index in [0.29, 0.717) is 6.54 Å². The summed E-state index contributed by atoms with van der Waals surface area (Å²) in [6, 6.07) is 21.8. The Morgan fingerprint density at radius 1 is 0.955 bits per heavy atom. The number of likely N-dealkylation sites (N-methyl/N-ethyl adjacent to an activating group) is 1. The number of anilines is 1. The van der Waals surface area contributed by atoms with E-state index in [2.05, 4.69) is 35.2 Å². The monoisotopic (exact) mass is 311 g/mol. The normalized spacial score (nSPS) is 12.3. The molecule has 1 atom stereocenters. The van der Waals surface area contributed by atoms with Gasteiger partial charge in [-0.3, -0.25) is 0 Å². The van der Waals surface area contributed by atoms with E-state index in [4.69, 9.17) is 11.6 Å². The molecule has 3 rings (SSSR count). The van der Waals surface area contributed by atoms with Crippen molar-refractivity contribution < 1.29 is 5.11 Å². The molecule has 2 nitrogen and oxygen atoms in total. The van der Waals surface area contributed by atoms with E-state index in [1.165, 1.54) is 10.8 Å². The van der Waals surface area contributed by atoms with Crippen molar-refractivity contribution in [2.45, 2.75) is 5.38 Å². The van der Waals surface area contributed by atoms with Crippen LogP contribution in [-0.2, 0) is 0 Å². The average Bonchev–Trinajstić information content (AvgIpc) is 2.55. The molecule has 0 bridgehead atoms. The van der Waals surface area contributed by atoms with Gasteiger partial charge in [-0.25, -0.2) is 0 Å². The first-order valence-corrected chi connectivity index (χ1v) is 7.70. The number of alkyl halides is 1. The van der Waals surface area contributed by atoms with Crippen LogP contribution in [-0.4, -0.2) is 18.7 Å². The van der Waals surface area contributed by atoms with Gasteiger partial charge in [0.1, 0.15) is 5.75 Å². The molecule has 0 saturated carbocycles. The van der Waals surface area contributed by atoms with Crippen LogP contribution in [0.25, 0.3) is 10.8 Å². The second-order valence-corrected chi connectivity index (χ2v) is 6.00. The van der Waals surface area contributed by atoms with Crippen LogP contribution in [0.3, 0.4) is 0 Å². The van der Waals surface area contributed by atoms with E-state index in [1.807, 2.05) is 31.3 Å². The molecule has 0 aliphatic carbocycles. The molecule has 0 amide bonds. The lowest BCUT2D eigenvalue weighted by Crippen LogP contribution is -2.21. The van der Waals surface area contributed by atoms with Gasteiger partial charge in [-0.15, -0.1) is 11.6 Å². The lowest BCUT2D eigenvalue weighted by atomic mass is 10.0. The Morgan fingerprint density at radius 3 is 2.36 bits per heavy atom. The van der Waals surface area contributed by atoms with Gasteiger partial charge >= 0.3 is 0 Å². The first-order chi connectivity index (χ1) is 10.6. The van der Waals surface area contributed by atoms with Crippen LogP contribution in [0.1, 0.15) is 10.9 Å². The summed E-state index contributed by atoms with van der Waals surface area (Å²) < 4.78 is 0. The number of halogens is 1. The summed E-state index contributed by atoms with van der Waals surface area (Å²) in [4.78, 5) is 2.09. The number of phenols is 1. The van der Waals surface area contributed by atoms with E-state index >= 15 is 0 Å². The molecule has 22 heavy (non-hydrogen) atoms. The number of hydrogen-bond donors (Lipinski definition) is 1. The summed E-state index contributed by atoms with van der Waals surface area (Å²) in [6.45, 7) is 0.699. The fourth-order valence-electron chi connectivity index (χ4n) is 2.56. The highest BCUT2D eigenvalue weighted by Crippen LogP contribution is 2.27. The topological polar surface area (TPSA) is 23.5 Å². The Labute approximate surface area is 135 Å². The average molecular weight is 312 g/mol. The summed E-state index contributed by atoms with van der Waals surface area (Å²) in [6.07, 6.45) is 0. The predicted octanol–water partition coefficient (Wildman–Crippen LogP) is 4.96. The number of rotatable bonds is 4. The van der Waals surface area contributed by atoms with Crippen LogP contribution in [0.2, 0.25) is 0 Å². The zero-order valence-corrected chi connectivity index (χ0v) is 13.2. The van der Waals surface area contributed by atoms with Gasteiger partial charge in [-0.1, -0.05) is 36.4 Å². The van der Waals surface area contributed by atoms with E-state index < -0.39 is 0 Å². The molecule has 112 valence electrons. The summed E-state index contributed by atoms with van der Waals surface area (Å²) in [7, 11) is 2.00. The lowest BCUT2D eigenvalue weighted by Gasteiger charge is -2.22. The molecule has 0 aliphatic heterocycles. The highest BCUT2D eigenvalue weighted by atomic mass is 35.5. The second-order valence-electron chi connectivity index (χ2n) is 5.47. The Balaban J connectivity index is 1.77. The summed E-state index contributed by atoms with van der Waals surface area (Å²) in [5.74, 6) is 0.272. The molecule has 0 spiro atoms. The van der Waals surface area contributed by atoms with E-state index in [1.54, 1.807) is 12.1 Å². The third-order valence-electron chi connectivity index (χ3n) is 3.86. The Kier molecular flexibility index (Phi) is 4.21. The van der Waals surface area contributed by atoms with Crippen LogP contribution >= 0.6 is 11.6 Å². The van der Waals surface area contributed by atoms with Crippen molar-refractivity contribution in [3.8, 4) is 5.75 Å². The summed E-state index contributed by atoms with van der Waals surface area (Å²) >= 11 is 6.59. The van der Waals surface area contributed by atoms with Gasteiger partial charge in [0.25, 0.3) is 0 Å². The Morgan fingerprint density at radius 2 is 1.64 bits per heavy atom. The minimum Gasteiger partial charge on any atom is -0.508 e. The zero-order valence-electron chi connectivity index (χ0n) is 12.4. The molecule has 1 unspecified atom stereocenters. The third-order valence-corrected chi connectivity index (χ3v) is 4.25. The number of fused-ring (bicyclic) bond motifs is 1. The molecular formula is C19H18ClNO. The van der Waals surface area contributed by atoms with Crippen LogP contribution in [0.5, 0.6) is 5.75 Å². The van der Waals surface area contributed by atoms with Crippen LogP contribution in [0.15, 0.2) is 66.7 Å². The van der Waals surface area contributed by atoms with Gasteiger partial charge in [0.15, 0.2) is 0 Å². The van der Waals surface area contributed by atoms with Crippen molar-refractivity contribution in [3.63, 3.8) is 0 Å². The maximum atomic E-state index is 9.35. The summed E-state index contributed by atoms with van der Waals surface area (Å²) in [5, 5.41) is 11.7. The molecule has 0 saturated heterocycles. The van der Waals surface area contributed by atoms with Gasteiger partial charge in [0, 0.05) is 19.3 Å². The number of aromatic hydroxyl groups is 1. The second kappa shape index (κ2) is 6.29. The van der Waals surface area contributed by atoms with Gasteiger partial charge < -0.3 is 10.0 Å². The van der Waals surface area contributed by atoms with Crippen LogP contribution in [0, 0.1) is 0 Å². The molecule has 3 heteroatoms. The predicted molar refractivity (Wildman–Crippen MR) is 93.9 cm³/mol. The standard InChI is InChI=1S/C19H18ClNO/c1-21(17-8-10-18(22)11-9-17)13-19(20)16-7-6-14-4-2-3-5-15(14)12-16/h2-12,19,22H,13H2,1H3. The highest BCUT2D eigenvalue weighted by molar-refractivity contribution is 6.21. The number of nitrogens with zero attached hydrogens (tertiary/aromatic N) is 1. The number of phenolic OH excluding ortho intramolecular Hbond substituents is 1. The van der Waals surface area contributed by atoms with E-state index in [0.717, 1.165) is 11.3 Å². The molecule has 1 N–H and O–H groups in total. The highest BCUT2D eigenvalue weighted by Gasteiger charge is 2.12.